The topological polar surface area (TPSA) is 40.5 Å². The van der Waals surface area contributed by atoms with E-state index in [-0.39, 0.29) is 42.1 Å². The van der Waals surface area contributed by atoms with Gasteiger partial charge in [0.05, 0.1) is 5.48 Å². The first kappa shape index (κ1) is 5.81. The summed E-state index contributed by atoms with van der Waals surface area (Å²) in [6.45, 7) is 0. The van der Waals surface area contributed by atoms with E-state index in [1.807, 2.05) is 0 Å². The fourth-order valence-corrected chi connectivity index (χ4v) is 1.30. The average Bonchev–Trinajstić information content (AvgIpc) is 2.31. The van der Waals surface area contributed by atoms with Crippen LogP contribution in [0.4, 0.5) is 0 Å². The van der Waals surface area contributed by atoms with Gasteiger partial charge in [0.1, 0.15) is 11.5 Å². The number of hydrogen-bond acceptors (Lipinski definition) is 2. The quantitative estimate of drug-likeness (QED) is 0.789. The molecule has 76 valence electrons. The van der Waals surface area contributed by atoms with Gasteiger partial charge in [-0.05, 0) is 23.2 Å². The van der Waals surface area contributed by atoms with Crippen molar-refractivity contribution in [3.05, 3.63) is 59.6 Å². The van der Waals surface area contributed by atoms with Crippen molar-refractivity contribution in [2.24, 2.45) is 0 Å². The van der Waals surface area contributed by atoms with E-state index in [0.717, 1.165) is 0 Å². The zero-order valence-electron chi connectivity index (χ0n) is 11.9. The molecule has 2 rings (SSSR count). The van der Waals surface area contributed by atoms with Crippen LogP contribution in [0, 0.1) is 0 Å². The fraction of sp³-hybridized carbons (Fsp3) is 0.0769. The Hall–Kier alpha value is -1.96. The fourth-order valence-electron chi connectivity index (χ4n) is 1.30. The highest BCUT2D eigenvalue weighted by atomic mass is 16.3. The Morgan fingerprint density at radius 2 is 1.40 bits per heavy atom. The predicted molar refractivity (Wildman–Crippen MR) is 59.0 cm³/mol. The molecule has 0 unspecified atom stereocenters. The predicted octanol–water partition coefficient (Wildman–Crippen LogP) is 2.69. The molecule has 0 aliphatic heterocycles. The summed E-state index contributed by atoms with van der Waals surface area (Å²) in [5, 5.41) is 19.5. The van der Waals surface area contributed by atoms with Gasteiger partial charge in [-0.1, -0.05) is 36.4 Å². The second kappa shape index (κ2) is 4.05. The second-order valence-electron chi connectivity index (χ2n) is 3.12. The van der Waals surface area contributed by atoms with Crippen LogP contribution in [-0.2, 0) is 6.42 Å². The highest BCUT2D eigenvalue weighted by molar-refractivity contribution is 5.41. The third kappa shape index (κ3) is 2.10. The molecule has 0 bridgehead atoms. The minimum atomic E-state index is -0.252. The molecular weight excluding hydrogens is 188 g/mol. The Bertz CT molecular complexity index is 586. The van der Waals surface area contributed by atoms with Gasteiger partial charge in [0.2, 0.25) is 0 Å². The van der Waals surface area contributed by atoms with Crippen molar-refractivity contribution in [1.29, 1.82) is 0 Å². The van der Waals surface area contributed by atoms with Gasteiger partial charge in [-0.3, -0.25) is 0 Å². The first-order valence-electron chi connectivity index (χ1n) is 6.46. The number of para-hydroxylation sites is 2. The maximum atomic E-state index is 9.77. The van der Waals surface area contributed by atoms with Gasteiger partial charge in [-0.2, -0.15) is 0 Å². The van der Waals surface area contributed by atoms with E-state index in [9.17, 15) is 10.2 Å². The average molecular weight is 204 g/mol. The number of hydrogen-bond donors (Lipinski definition) is 2. The Balaban J connectivity index is 2.47. The van der Waals surface area contributed by atoms with E-state index in [1.165, 1.54) is 24.3 Å². The number of aromatic hydroxyl groups is 2. The van der Waals surface area contributed by atoms with Gasteiger partial charge in [0.15, 0.2) is 0 Å². The van der Waals surface area contributed by atoms with Crippen LogP contribution in [-0.4, -0.2) is 10.2 Å². The summed E-state index contributed by atoms with van der Waals surface area (Å²) in [6.07, 6.45) is 0.0644. The number of rotatable bonds is 2. The number of phenolic OH excluding ortho intramolecular Hbond substituents is 2. The Kier molecular flexibility index (Phi) is 1.57. The van der Waals surface area contributed by atoms with E-state index >= 15 is 0 Å². The van der Waals surface area contributed by atoms with Crippen molar-refractivity contribution < 1.29 is 15.7 Å². The lowest BCUT2D eigenvalue weighted by atomic mass is 10.0. The molecule has 0 heterocycles. The molecule has 0 saturated heterocycles. The Labute approximate surface area is 94.1 Å². The molecular formula is C13H12O2. The molecule has 2 nitrogen and oxygen atoms in total. The maximum absolute atomic E-state index is 9.77. The summed E-state index contributed by atoms with van der Waals surface area (Å²) in [6, 6.07) is 5.09. The third-order valence-corrected chi connectivity index (χ3v) is 2.09. The standard InChI is InChI=1S/C13H12O2/c14-12-7-3-1-5-10(12)9-11-6-2-4-8-13(11)15/h1-8,14-15H,9H2/i1D,2D,7D,8D. The largest absolute Gasteiger partial charge is 0.508 e. The molecule has 0 aliphatic carbocycles. The van der Waals surface area contributed by atoms with Crippen LogP contribution in [0.25, 0.3) is 0 Å². The molecule has 15 heavy (non-hydrogen) atoms. The lowest BCUT2D eigenvalue weighted by molar-refractivity contribution is 0.463. The highest BCUT2D eigenvalue weighted by Crippen LogP contribution is 2.24. The van der Waals surface area contributed by atoms with Crippen molar-refractivity contribution in [1.82, 2.24) is 0 Å². The summed E-state index contributed by atoms with van der Waals surface area (Å²) >= 11 is 0. The van der Waals surface area contributed by atoms with Crippen LogP contribution in [0.1, 0.15) is 16.6 Å². The van der Waals surface area contributed by atoms with Crippen molar-refractivity contribution in [3.63, 3.8) is 0 Å². The molecule has 0 atom stereocenters. The summed E-state index contributed by atoms with van der Waals surface area (Å²) < 4.78 is 30.0. The van der Waals surface area contributed by atoms with E-state index in [2.05, 4.69) is 0 Å². The molecule has 0 spiro atoms. The molecule has 0 aromatic heterocycles. The minimum Gasteiger partial charge on any atom is -0.508 e. The lowest BCUT2D eigenvalue weighted by Gasteiger charge is -2.05. The van der Waals surface area contributed by atoms with Crippen LogP contribution < -0.4 is 0 Å². The molecule has 2 aromatic carbocycles. The van der Waals surface area contributed by atoms with Gasteiger partial charge in [0, 0.05) is 6.42 Å². The van der Waals surface area contributed by atoms with Gasteiger partial charge in [0.25, 0.3) is 0 Å². The molecule has 2 N–H and O–H groups in total. The SMILES string of the molecule is [2H]c1cc([2H])c(O)c(Cc2cc([2H])cc([2H])c2O)c1. The Morgan fingerprint density at radius 1 is 0.933 bits per heavy atom. The first-order valence-corrected chi connectivity index (χ1v) is 4.46. The minimum absolute atomic E-state index is 0.0644. The number of benzene rings is 2. The maximum Gasteiger partial charge on any atom is 0.119 e. The third-order valence-electron chi connectivity index (χ3n) is 2.09. The van der Waals surface area contributed by atoms with Crippen LogP contribution in [0.5, 0.6) is 11.5 Å². The van der Waals surface area contributed by atoms with Crippen LogP contribution in [0.3, 0.4) is 0 Å². The Morgan fingerprint density at radius 3 is 1.87 bits per heavy atom. The van der Waals surface area contributed by atoms with Gasteiger partial charge in [-0.15, -0.1) is 0 Å². The van der Waals surface area contributed by atoms with Crippen LogP contribution >= 0.6 is 0 Å². The molecule has 0 fully saturated rings. The number of phenols is 2. The van der Waals surface area contributed by atoms with E-state index in [4.69, 9.17) is 5.48 Å². The van der Waals surface area contributed by atoms with Gasteiger partial charge < -0.3 is 10.2 Å². The lowest BCUT2D eigenvalue weighted by Crippen LogP contribution is -1.88. The van der Waals surface area contributed by atoms with Crippen LogP contribution in [0.2, 0.25) is 0 Å². The van der Waals surface area contributed by atoms with Crippen LogP contribution in [0.15, 0.2) is 48.4 Å². The summed E-state index contributed by atoms with van der Waals surface area (Å²) in [5.74, 6) is -0.505. The molecule has 0 saturated carbocycles. The monoisotopic (exact) mass is 204 g/mol. The van der Waals surface area contributed by atoms with Crippen molar-refractivity contribution in [2.75, 3.05) is 0 Å². The normalized spacial score (nSPS) is 13.9. The summed E-state index contributed by atoms with van der Waals surface area (Å²) in [7, 11) is 0. The second-order valence-corrected chi connectivity index (χ2v) is 3.12. The molecule has 0 radical (unpaired) electrons. The smallest absolute Gasteiger partial charge is 0.119 e. The van der Waals surface area contributed by atoms with Crippen molar-refractivity contribution in [2.45, 2.75) is 6.42 Å². The van der Waals surface area contributed by atoms with E-state index in [1.54, 1.807) is 0 Å². The van der Waals surface area contributed by atoms with E-state index in [0.29, 0.717) is 11.1 Å². The zero-order chi connectivity index (χ0) is 14.2. The summed E-state index contributed by atoms with van der Waals surface area (Å²) in [4.78, 5) is 0. The first-order chi connectivity index (χ1) is 8.88. The van der Waals surface area contributed by atoms with Crippen molar-refractivity contribution >= 4 is 0 Å². The van der Waals surface area contributed by atoms with E-state index < -0.39 is 0 Å². The molecule has 2 heteroatoms. The molecule has 2 aromatic rings. The highest BCUT2D eigenvalue weighted by Gasteiger charge is 2.04. The van der Waals surface area contributed by atoms with Gasteiger partial charge >= 0.3 is 0 Å². The molecule has 0 aliphatic rings. The summed E-state index contributed by atoms with van der Waals surface area (Å²) in [5.41, 5.74) is 0.635. The molecule has 0 amide bonds. The zero-order valence-corrected chi connectivity index (χ0v) is 7.91. The van der Waals surface area contributed by atoms with Crippen molar-refractivity contribution in [3.8, 4) is 11.5 Å². The van der Waals surface area contributed by atoms with Gasteiger partial charge in [-0.25, -0.2) is 0 Å².